The highest BCUT2D eigenvalue weighted by molar-refractivity contribution is 5.95. The Kier molecular flexibility index (Phi) is 9.39. The molecule has 0 amide bonds. The lowest BCUT2D eigenvalue weighted by Gasteiger charge is -2.54. The fourth-order valence-electron chi connectivity index (χ4n) is 13.7. The lowest BCUT2D eigenvalue weighted by molar-refractivity contribution is -0.00277. The van der Waals surface area contributed by atoms with Gasteiger partial charge < -0.3 is 4.90 Å². The fraction of sp³-hybridized carbons (Fsp3) is 0.311. The second kappa shape index (κ2) is 15.3. The van der Waals surface area contributed by atoms with Crippen LogP contribution in [0.15, 0.2) is 164 Å². The normalized spacial score (nSPS) is 23.2. The van der Waals surface area contributed by atoms with Crippen LogP contribution in [-0.2, 0) is 5.41 Å². The van der Waals surface area contributed by atoms with E-state index in [1.165, 1.54) is 142 Å². The molecule has 0 aromatic heterocycles. The molecule has 0 saturated heterocycles. The van der Waals surface area contributed by atoms with Crippen molar-refractivity contribution in [2.24, 2.45) is 23.7 Å². The zero-order valence-electron chi connectivity index (χ0n) is 36.6. The van der Waals surface area contributed by atoms with E-state index in [1.54, 1.807) is 5.56 Å². The minimum atomic E-state index is -0.118. The van der Waals surface area contributed by atoms with Gasteiger partial charge >= 0.3 is 0 Å². The summed E-state index contributed by atoms with van der Waals surface area (Å²) in [5.41, 5.74) is 19.7. The summed E-state index contributed by atoms with van der Waals surface area (Å²) in [5.74, 6) is 5.13. The van der Waals surface area contributed by atoms with Gasteiger partial charge in [-0.05, 0) is 178 Å². The van der Waals surface area contributed by atoms with E-state index in [1.807, 2.05) is 0 Å². The summed E-state index contributed by atoms with van der Waals surface area (Å²) in [5, 5.41) is 0. The molecule has 4 bridgehead atoms. The van der Waals surface area contributed by atoms with Crippen LogP contribution in [0.3, 0.4) is 0 Å². The SMILES string of the molecule is CC1(C)c2ccccc2-c2cc(-c3ccccc3)c(N(c3ccc(-c4ccccc4-c4ccc(C5CCCCC5)cc4)cc3)c3ccc(C4C5CC6CC(C5)CC4C6)cc3)cc21. The molecule has 62 heavy (non-hydrogen) atoms. The van der Waals surface area contributed by atoms with Crippen LogP contribution in [0.4, 0.5) is 17.1 Å². The summed E-state index contributed by atoms with van der Waals surface area (Å²) in [7, 11) is 0. The molecule has 1 heteroatoms. The smallest absolute Gasteiger partial charge is 0.0543 e. The molecule has 7 aromatic carbocycles. The van der Waals surface area contributed by atoms with Crippen molar-refractivity contribution in [1.29, 1.82) is 0 Å². The summed E-state index contributed by atoms with van der Waals surface area (Å²) in [6.45, 7) is 4.81. The van der Waals surface area contributed by atoms with Gasteiger partial charge in [0.2, 0.25) is 0 Å². The third-order valence-corrected chi connectivity index (χ3v) is 16.5. The Balaban J connectivity index is 0.969. The van der Waals surface area contributed by atoms with E-state index >= 15 is 0 Å². The van der Waals surface area contributed by atoms with E-state index in [4.69, 9.17) is 0 Å². The minimum absolute atomic E-state index is 0.118. The molecule has 5 saturated carbocycles. The van der Waals surface area contributed by atoms with Crippen molar-refractivity contribution < 1.29 is 0 Å². The number of rotatable bonds is 8. The molecule has 0 aliphatic heterocycles. The third-order valence-electron chi connectivity index (χ3n) is 16.5. The number of benzene rings is 7. The first-order chi connectivity index (χ1) is 30.5. The van der Waals surface area contributed by atoms with E-state index in [9.17, 15) is 0 Å². The van der Waals surface area contributed by atoms with Crippen molar-refractivity contribution in [2.45, 2.75) is 95.3 Å². The van der Waals surface area contributed by atoms with E-state index in [-0.39, 0.29) is 5.41 Å². The maximum atomic E-state index is 2.56. The summed E-state index contributed by atoms with van der Waals surface area (Å²) in [6.07, 6.45) is 14.1. The van der Waals surface area contributed by atoms with Gasteiger partial charge in [-0.25, -0.2) is 0 Å². The molecular formula is C61H59N. The molecule has 6 aliphatic carbocycles. The van der Waals surface area contributed by atoms with Gasteiger partial charge in [-0.2, -0.15) is 0 Å². The second-order valence-electron chi connectivity index (χ2n) is 20.4. The van der Waals surface area contributed by atoms with Crippen LogP contribution in [0.1, 0.15) is 112 Å². The van der Waals surface area contributed by atoms with Crippen LogP contribution in [0, 0.1) is 23.7 Å². The van der Waals surface area contributed by atoms with Crippen LogP contribution >= 0.6 is 0 Å². The van der Waals surface area contributed by atoms with Gasteiger partial charge in [0.25, 0.3) is 0 Å². The quantitative estimate of drug-likeness (QED) is 0.148. The van der Waals surface area contributed by atoms with Crippen LogP contribution in [-0.4, -0.2) is 0 Å². The molecule has 0 radical (unpaired) electrons. The fourth-order valence-corrected chi connectivity index (χ4v) is 13.7. The van der Waals surface area contributed by atoms with Gasteiger partial charge in [0.1, 0.15) is 0 Å². The summed E-state index contributed by atoms with van der Waals surface area (Å²) in [4.78, 5) is 2.56. The maximum Gasteiger partial charge on any atom is 0.0543 e. The zero-order valence-corrected chi connectivity index (χ0v) is 36.6. The standard InChI is InChI=1S/C61H59N/c1-61(2)57-20-12-11-19-54(57)56-38-55(44-15-7-4-8-16-44)59(39-58(56)61)62(51-31-27-47(28-32-51)60-48-34-40-33-41(36-48)37-49(60)35-40)50-29-25-46(26-30-50)53-18-10-9-17-52(53)45-23-21-43(22-24-45)42-13-5-3-6-14-42/h4,7-12,15-32,38-42,48-49,60H,3,5-6,13-14,33-37H2,1-2H3. The molecule has 1 nitrogen and oxygen atoms in total. The molecule has 0 atom stereocenters. The Hall–Kier alpha value is -5.66. The number of fused-ring (bicyclic) bond motifs is 3. The molecule has 13 rings (SSSR count). The molecule has 0 unspecified atom stereocenters. The van der Waals surface area contributed by atoms with Gasteiger partial charge in [-0.15, -0.1) is 0 Å². The number of anilines is 3. The first-order valence-electron chi connectivity index (χ1n) is 24.0. The second-order valence-corrected chi connectivity index (χ2v) is 20.4. The molecule has 308 valence electrons. The van der Waals surface area contributed by atoms with E-state index < -0.39 is 0 Å². The predicted molar refractivity (Wildman–Crippen MR) is 261 cm³/mol. The third kappa shape index (κ3) is 6.49. The number of hydrogen-bond acceptors (Lipinski definition) is 1. The van der Waals surface area contributed by atoms with E-state index in [2.05, 4.69) is 183 Å². The maximum absolute atomic E-state index is 2.56. The predicted octanol–water partition coefficient (Wildman–Crippen LogP) is 17.1. The van der Waals surface area contributed by atoms with Crippen molar-refractivity contribution >= 4 is 17.1 Å². The zero-order chi connectivity index (χ0) is 41.4. The Bertz CT molecular complexity index is 2700. The lowest BCUT2D eigenvalue weighted by Crippen LogP contribution is -2.43. The lowest BCUT2D eigenvalue weighted by atomic mass is 9.51. The molecule has 5 fully saturated rings. The molecule has 7 aromatic rings. The average Bonchev–Trinajstić information content (AvgIpc) is 3.54. The number of hydrogen-bond donors (Lipinski definition) is 0. The van der Waals surface area contributed by atoms with Gasteiger partial charge in [-0.1, -0.05) is 161 Å². The molecule has 6 aliphatic rings. The Morgan fingerprint density at radius 1 is 0.419 bits per heavy atom. The minimum Gasteiger partial charge on any atom is -0.310 e. The van der Waals surface area contributed by atoms with Crippen molar-refractivity contribution in [3.8, 4) is 44.5 Å². The average molecular weight is 806 g/mol. The van der Waals surface area contributed by atoms with Crippen molar-refractivity contribution in [3.63, 3.8) is 0 Å². The molecule has 0 N–H and O–H groups in total. The van der Waals surface area contributed by atoms with Crippen LogP contribution in [0.5, 0.6) is 0 Å². The van der Waals surface area contributed by atoms with Crippen molar-refractivity contribution in [3.05, 3.63) is 186 Å². The van der Waals surface area contributed by atoms with Crippen molar-refractivity contribution in [2.75, 3.05) is 4.90 Å². The van der Waals surface area contributed by atoms with E-state index in [0.29, 0.717) is 11.8 Å². The highest BCUT2D eigenvalue weighted by Gasteiger charge is 2.48. The largest absolute Gasteiger partial charge is 0.310 e. The highest BCUT2D eigenvalue weighted by atomic mass is 15.1. The topological polar surface area (TPSA) is 3.24 Å². The van der Waals surface area contributed by atoms with E-state index in [0.717, 1.165) is 23.7 Å². The first kappa shape index (κ1) is 38.0. The van der Waals surface area contributed by atoms with Gasteiger partial charge in [-0.3, -0.25) is 0 Å². The van der Waals surface area contributed by atoms with Crippen molar-refractivity contribution in [1.82, 2.24) is 0 Å². The summed E-state index contributed by atoms with van der Waals surface area (Å²) in [6, 6.07) is 63.0. The summed E-state index contributed by atoms with van der Waals surface area (Å²) >= 11 is 0. The molecule has 0 spiro atoms. The number of nitrogens with zero attached hydrogens (tertiary/aromatic N) is 1. The summed E-state index contributed by atoms with van der Waals surface area (Å²) < 4.78 is 0. The molecule has 0 heterocycles. The molecular weight excluding hydrogens is 747 g/mol. The Morgan fingerprint density at radius 2 is 0.935 bits per heavy atom. The van der Waals surface area contributed by atoms with Crippen LogP contribution in [0.2, 0.25) is 0 Å². The van der Waals surface area contributed by atoms with Gasteiger partial charge in [0.05, 0.1) is 5.69 Å². The van der Waals surface area contributed by atoms with Gasteiger partial charge in [0.15, 0.2) is 0 Å². The monoisotopic (exact) mass is 805 g/mol. The Labute approximate surface area is 369 Å². The van der Waals surface area contributed by atoms with Crippen LogP contribution in [0.25, 0.3) is 44.5 Å². The highest BCUT2D eigenvalue weighted by Crippen LogP contribution is 2.60. The Morgan fingerprint density at radius 3 is 1.56 bits per heavy atom. The first-order valence-corrected chi connectivity index (χ1v) is 24.0. The van der Waals surface area contributed by atoms with Gasteiger partial charge in [0, 0.05) is 22.4 Å². The van der Waals surface area contributed by atoms with Crippen LogP contribution < -0.4 is 4.90 Å².